The smallest absolute Gasteiger partial charge is 0.267 e. The van der Waals surface area contributed by atoms with Gasteiger partial charge >= 0.3 is 0 Å². The summed E-state index contributed by atoms with van der Waals surface area (Å²) in [5, 5.41) is 7.92. The van der Waals surface area contributed by atoms with Crippen molar-refractivity contribution in [1.29, 1.82) is 0 Å². The zero-order chi connectivity index (χ0) is 24.0. The average Bonchev–Trinajstić information content (AvgIpc) is 3.31. The molecule has 7 nitrogen and oxygen atoms in total. The van der Waals surface area contributed by atoms with Gasteiger partial charge in [0.25, 0.3) is 5.56 Å². The number of para-hydroxylation sites is 1. The second-order valence-electron chi connectivity index (χ2n) is 8.65. The van der Waals surface area contributed by atoms with Gasteiger partial charge in [0.05, 0.1) is 22.5 Å². The normalized spacial score (nSPS) is 15.5. The van der Waals surface area contributed by atoms with E-state index in [-0.39, 0.29) is 22.9 Å². The molecule has 5 rings (SSSR count). The zero-order valence-electron chi connectivity index (χ0n) is 19.1. The van der Waals surface area contributed by atoms with Crippen LogP contribution in [0.4, 0.5) is 10.2 Å². The van der Waals surface area contributed by atoms with Crippen molar-refractivity contribution in [3.63, 3.8) is 0 Å². The van der Waals surface area contributed by atoms with E-state index >= 15 is 0 Å². The highest BCUT2D eigenvalue weighted by atomic mass is 32.2. The highest BCUT2D eigenvalue weighted by Crippen LogP contribution is 2.37. The molecule has 3 heterocycles. The topological polar surface area (TPSA) is 81.8 Å². The van der Waals surface area contributed by atoms with Gasteiger partial charge in [0.2, 0.25) is 5.91 Å². The van der Waals surface area contributed by atoms with Gasteiger partial charge in [-0.2, -0.15) is 5.10 Å². The number of halogens is 1. The summed E-state index contributed by atoms with van der Waals surface area (Å²) in [7, 11) is 1.75. The van der Waals surface area contributed by atoms with Crippen molar-refractivity contribution in [2.24, 2.45) is 13.0 Å². The molecule has 1 aliphatic rings. The molecular formula is C24H24FN5O2S2. The third-order valence-corrected chi connectivity index (χ3v) is 8.08. The summed E-state index contributed by atoms with van der Waals surface area (Å²) in [5.74, 6) is 0.376. The molecule has 0 saturated carbocycles. The summed E-state index contributed by atoms with van der Waals surface area (Å²) in [6, 6.07) is 7.93. The number of hydrogen-bond donors (Lipinski definition) is 1. The van der Waals surface area contributed by atoms with E-state index in [1.165, 1.54) is 26.8 Å². The molecule has 0 fully saturated rings. The highest BCUT2D eigenvalue weighted by Gasteiger charge is 2.26. The molecule has 34 heavy (non-hydrogen) atoms. The molecule has 0 bridgehead atoms. The first-order valence-corrected chi connectivity index (χ1v) is 12.9. The van der Waals surface area contributed by atoms with Gasteiger partial charge in [0.1, 0.15) is 16.5 Å². The first-order chi connectivity index (χ1) is 16.3. The number of aryl methyl sites for hydroxylation is 3. The molecule has 0 aliphatic heterocycles. The Balaban J connectivity index is 1.55. The van der Waals surface area contributed by atoms with Crippen LogP contribution in [0.2, 0.25) is 0 Å². The van der Waals surface area contributed by atoms with Gasteiger partial charge in [-0.1, -0.05) is 30.8 Å². The number of thiophene rings is 1. The molecule has 176 valence electrons. The summed E-state index contributed by atoms with van der Waals surface area (Å²) in [6.07, 6.45) is 2.76. The lowest BCUT2D eigenvalue weighted by molar-refractivity contribution is -0.113. The second kappa shape index (κ2) is 8.99. The number of aromatic nitrogens is 4. The van der Waals surface area contributed by atoms with E-state index in [4.69, 9.17) is 4.98 Å². The lowest BCUT2D eigenvalue weighted by Gasteiger charge is -2.18. The van der Waals surface area contributed by atoms with Gasteiger partial charge in [-0.3, -0.25) is 18.8 Å². The van der Waals surface area contributed by atoms with E-state index in [9.17, 15) is 14.0 Å². The molecule has 0 radical (unpaired) electrons. The number of hydrogen-bond acceptors (Lipinski definition) is 6. The molecule has 1 aliphatic carbocycles. The highest BCUT2D eigenvalue weighted by molar-refractivity contribution is 7.99. The van der Waals surface area contributed by atoms with Gasteiger partial charge < -0.3 is 5.32 Å². The number of nitrogens with zero attached hydrogens (tertiary/aromatic N) is 4. The Hall–Kier alpha value is -2.98. The van der Waals surface area contributed by atoms with Crippen LogP contribution in [0, 0.1) is 18.7 Å². The van der Waals surface area contributed by atoms with Crippen molar-refractivity contribution >= 4 is 45.0 Å². The fraction of sp³-hybridized carbons (Fsp3) is 0.333. The Kier molecular flexibility index (Phi) is 6.03. The summed E-state index contributed by atoms with van der Waals surface area (Å²) in [4.78, 5) is 33.0. The minimum absolute atomic E-state index is 0.0126. The molecule has 1 amide bonds. The Bertz CT molecular complexity index is 1470. The molecule has 1 aromatic carbocycles. The van der Waals surface area contributed by atoms with E-state index < -0.39 is 5.82 Å². The third-order valence-electron chi connectivity index (χ3n) is 5.99. The van der Waals surface area contributed by atoms with E-state index in [1.54, 1.807) is 36.0 Å². The summed E-state index contributed by atoms with van der Waals surface area (Å²) in [6.45, 7) is 4.06. The van der Waals surface area contributed by atoms with Gasteiger partial charge in [-0.05, 0) is 49.8 Å². The van der Waals surface area contributed by atoms with Crippen LogP contribution in [0.25, 0.3) is 15.9 Å². The lowest BCUT2D eigenvalue weighted by atomic mass is 9.89. The van der Waals surface area contributed by atoms with Crippen LogP contribution in [0.1, 0.15) is 29.5 Å². The minimum Gasteiger partial charge on any atom is -0.310 e. The van der Waals surface area contributed by atoms with E-state index in [0.29, 0.717) is 27.1 Å². The first kappa shape index (κ1) is 22.8. The van der Waals surface area contributed by atoms with Crippen molar-refractivity contribution in [1.82, 2.24) is 19.3 Å². The number of carbonyl (C=O) groups is 1. The van der Waals surface area contributed by atoms with Crippen LogP contribution in [0.5, 0.6) is 0 Å². The Morgan fingerprint density at radius 1 is 1.35 bits per heavy atom. The molecule has 4 aromatic rings. The summed E-state index contributed by atoms with van der Waals surface area (Å²) in [5.41, 5.74) is 1.69. The lowest BCUT2D eigenvalue weighted by Crippen LogP contribution is -2.24. The van der Waals surface area contributed by atoms with Crippen molar-refractivity contribution in [2.75, 3.05) is 11.1 Å². The number of carbonyl (C=O) groups excluding carboxylic acids is 1. The predicted octanol–water partition coefficient (Wildman–Crippen LogP) is 4.48. The molecule has 0 spiro atoms. The first-order valence-electron chi connectivity index (χ1n) is 11.1. The van der Waals surface area contributed by atoms with E-state index in [0.717, 1.165) is 42.3 Å². The maximum Gasteiger partial charge on any atom is 0.267 e. The molecule has 1 N–H and O–H groups in total. The van der Waals surface area contributed by atoms with Crippen LogP contribution in [-0.2, 0) is 24.7 Å². The number of anilines is 1. The van der Waals surface area contributed by atoms with Crippen molar-refractivity contribution in [3.8, 4) is 5.69 Å². The molecule has 1 atom stereocenters. The number of thioether (sulfide) groups is 1. The largest absolute Gasteiger partial charge is 0.310 e. The monoisotopic (exact) mass is 497 g/mol. The fourth-order valence-corrected chi connectivity index (χ4v) is 6.58. The number of nitrogens with one attached hydrogen (secondary N) is 1. The predicted molar refractivity (Wildman–Crippen MR) is 134 cm³/mol. The molecule has 10 heteroatoms. The molecular weight excluding hydrogens is 473 g/mol. The van der Waals surface area contributed by atoms with Gasteiger partial charge in [0.15, 0.2) is 5.16 Å². The van der Waals surface area contributed by atoms with Crippen molar-refractivity contribution < 1.29 is 9.18 Å². The second-order valence-corrected chi connectivity index (χ2v) is 10.7. The van der Waals surface area contributed by atoms with Gasteiger partial charge in [-0.25, -0.2) is 9.37 Å². The molecule has 3 aromatic heterocycles. The SMILES string of the molecule is Cc1cc(NC(=O)CSc2nc3sc4c(c3c(=O)n2-c2ccccc2F)CCC(C)C4)n(C)n1. The summed E-state index contributed by atoms with van der Waals surface area (Å²) < 4.78 is 17.7. The van der Waals surface area contributed by atoms with Crippen LogP contribution in [0.15, 0.2) is 40.3 Å². The van der Waals surface area contributed by atoms with Gasteiger partial charge in [0, 0.05) is 18.0 Å². The maximum atomic E-state index is 14.8. The zero-order valence-corrected chi connectivity index (χ0v) is 20.7. The average molecular weight is 498 g/mol. The van der Waals surface area contributed by atoms with Crippen LogP contribution in [-0.4, -0.2) is 31.0 Å². The van der Waals surface area contributed by atoms with Crippen molar-refractivity contribution in [3.05, 3.63) is 62.6 Å². The number of benzene rings is 1. The number of fused-ring (bicyclic) bond motifs is 3. The van der Waals surface area contributed by atoms with Crippen LogP contribution >= 0.6 is 23.1 Å². The maximum absolute atomic E-state index is 14.8. The Morgan fingerprint density at radius 2 is 2.15 bits per heavy atom. The summed E-state index contributed by atoms with van der Waals surface area (Å²) >= 11 is 2.65. The fourth-order valence-electron chi connectivity index (χ4n) is 4.35. The van der Waals surface area contributed by atoms with Crippen LogP contribution in [0.3, 0.4) is 0 Å². The molecule has 1 unspecified atom stereocenters. The number of rotatable bonds is 5. The quantitative estimate of drug-likeness (QED) is 0.325. The van der Waals surface area contributed by atoms with Crippen LogP contribution < -0.4 is 10.9 Å². The molecule has 0 saturated heterocycles. The van der Waals surface area contributed by atoms with Gasteiger partial charge in [-0.15, -0.1) is 11.3 Å². The van der Waals surface area contributed by atoms with E-state index in [1.807, 2.05) is 6.92 Å². The number of amides is 1. The standard InChI is InChI=1S/C24H24FN5O2S2/c1-13-8-9-15-18(10-13)34-22-21(15)23(32)30(17-7-5-4-6-16(17)25)24(27-22)33-12-20(31)26-19-11-14(2)28-29(19)3/h4-7,11,13H,8-10,12H2,1-3H3,(H,26,31). The van der Waals surface area contributed by atoms with E-state index in [2.05, 4.69) is 17.3 Å². The van der Waals surface area contributed by atoms with Crippen molar-refractivity contribution in [2.45, 2.75) is 38.3 Å². The third kappa shape index (κ3) is 4.16. The Morgan fingerprint density at radius 3 is 2.88 bits per heavy atom. The Labute approximate surface area is 204 Å². The minimum atomic E-state index is -0.514.